The van der Waals surface area contributed by atoms with Crippen molar-refractivity contribution >= 4 is 22.2 Å². The van der Waals surface area contributed by atoms with Crippen LogP contribution in [0.4, 0.5) is 4.39 Å². The second-order valence-electron chi connectivity index (χ2n) is 4.63. The van der Waals surface area contributed by atoms with E-state index in [1.165, 1.54) is 11.1 Å². The SMILES string of the molecule is CCCc1nc(Cn2ccc3cc(F)ccc32)cs1. The zero-order chi connectivity index (χ0) is 13.2. The quantitative estimate of drug-likeness (QED) is 0.696. The fraction of sp³-hybridized carbons (Fsp3) is 0.267. The lowest BCUT2D eigenvalue weighted by molar-refractivity contribution is 0.629. The summed E-state index contributed by atoms with van der Waals surface area (Å²) in [6.45, 7) is 2.91. The average molecular weight is 274 g/mol. The number of thiazole rings is 1. The highest BCUT2D eigenvalue weighted by molar-refractivity contribution is 7.09. The number of nitrogens with zero attached hydrogens (tertiary/aromatic N) is 2. The number of aryl methyl sites for hydroxylation is 1. The Hall–Kier alpha value is -1.68. The molecule has 98 valence electrons. The van der Waals surface area contributed by atoms with Crippen molar-refractivity contribution < 1.29 is 4.39 Å². The van der Waals surface area contributed by atoms with Crippen molar-refractivity contribution in [3.05, 3.63) is 52.4 Å². The molecule has 0 radical (unpaired) electrons. The first-order valence-corrected chi connectivity index (χ1v) is 7.32. The fourth-order valence-corrected chi connectivity index (χ4v) is 3.12. The Labute approximate surface area is 115 Å². The second kappa shape index (κ2) is 5.13. The highest BCUT2D eigenvalue weighted by Gasteiger charge is 2.06. The van der Waals surface area contributed by atoms with Crippen LogP contribution >= 0.6 is 11.3 Å². The predicted molar refractivity (Wildman–Crippen MR) is 77.1 cm³/mol. The molecule has 2 aromatic heterocycles. The second-order valence-corrected chi connectivity index (χ2v) is 5.57. The Balaban J connectivity index is 1.88. The van der Waals surface area contributed by atoms with E-state index in [-0.39, 0.29) is 5.82 Å². The topological polar surface area (TPSA) is 17.8 Å². The third-order valence-electron chi connectivity index (χ3n) is 3.13. The van der Waals surface area contributed by atoms with Gasteiger partial charge in [0.05, 0.1) is 17.2 Å². The van der Waals surface area contributed by atoms with Gasteiger partial charge in [0.2, 0.25) is 0 Å². The van der Waals surface area contributed by atoms with Crippen LogP contribution in [0.25, 0.3) is 10.9 Å². The molecule has 0 unspecified atom stereocenters. The van der Waals surface area contributed by atoms with Gasteiger partial charge in [0, 0.05) is 22.5 Å². The van der Waals surface area contributed by atoms with Crippen LogP contribution in [0.15, 0.2) is 35.8 Å². The van der Waals surface area contributed by atoms with E-state index in [2.05, 4.69) is 21.9 Å². The van der Waals surface area contributed by atoms with E-state index in [9.17, 15) is 4.39 Å². The normalized spacial score (nSPS) is 11.3. The summed E-state index contributed by atoms with van der Waals surface area (Å²) in [5.74, 6) is -0.191. The summed E-state index contributed by atoms with van der Waals surface area (Å²) in [4.78, 5) is 4.62. The van der Waals surface area contributed by atoms with Crippen LogP contribution in [0.2, 0.25) is 0 Å². The Bertz CT molecular complexity index is 699. The molecule has 0 aliphatic heterocycles. The Morgan fingerprint density at radius 1 is 1.32 bits per heavy atom. The molecule has 1 aromatic carbocycles. The number of hydrogen-bond donors (Lipinski definition) is 0. The van der Waals surface area contributed by atoms with Crippen LogP contribution in [-0.4, -0.2) is 9.55 Å². The molecule has 0 bridgehead atoms. The molecule has 0 saturated carbocycles. The Kier molecular flexibility index (Phi) is 3.34. The van der Waals surface area contributed by atoms with Gasteiger partial charge in [-0.15, -0.1) is 11.3 Å². The summed E-state index contributed by atoms with van der Waals surface area (Å²) in [6.07, 6.45) is 4.16. The third kappa shape index (κ3) is 2.54. The van der Waals surface area contributed by atoms with Crippen molar-refractivity contribution in [2.45, 2.75) is 26.3 Å². The van der Waals surface area contributed by atoms with Crippen LogP contribution < -0.4 is 0 Å². The molecule has 19 heavy (non-hydrogen) atoms. The van der Waals surface area contributed by atoms with Crippen LogP contribution in [0.3, 0.4) is 0 Å². The number of fused-ring (bicyclic) bond motifs is 1. The molecule has 3 rings (SSSR count). The standard InChI is InChI=1S/C15H15FN2S/c1-2-3-15-17-13(10-19-15)9-18-7-6-11-8-12(16)4-5-14(11)18/h4-8,10H,2-3,9H2,1H3. The first kappa shape index (κ1) is 12.4. The van der Waals surface area contributed by atoms with E-state index in [0.717, 1.165) is 36.0 Å². The zero-order valence-corrected chi connectivity index (χ0v) is 11.6. The first-order valence-electron chi connectivity index (χ1n) is 6.44. The summed E-state index contributed by atoms with van der Waals surface area (Å²) in [6, 6.07) is 6.83. The van der Waals surface area contributed by atoms with Crippen LogP contribution in [-0.2, 0) is 13.0 Å². The van der Waals surface area contributed by atoms with Gasteiger partial charge in [-0.05, 0) is 37.1 Å². The molecule has 0 aliphatic rings. The van der Waals surface area contributed by atoms with E-state index in [0.29, 0.717) is 0 Å². The van der Waals surface area contributed by atoms with Gasteiger partial charge >= 0.3 is 0 Å². The van der Waals surface area contributed by atoms with Crippen molar-refractivity contribution in [2.24, 2.45) is 0 Å². The molecule has 0 fully saturated rings. The van der Waals surface area contributed by atoms with Gasteiger partial charge in [-0.3, -0.25) is 0 Å². The maximum Gasteiger partial charge on any atom is 0.123 e. The molecule has 0 amide bonds. The minimum atomic E-state index is -0.191. The maximum atomic E-state index is 13.1. The lowest BCUT2D eigenvalue weighted by Gasteiger charge is -2.02. The van der Waals surface area contributed by atoms with Crippen LogP contribution in [0.5, 0.6) is 0 Å². The van der Waals surface area contributed by atoms with Crippen molar-refractivity contribution in [2.75, 3.05) is 0 Å². The summed E-state index contributed by atoms with van der Waals surface area (Å²) in [5, 5.41) is 4.24. The van der Waals surface area contributed by atoms with Gasteiger partial charge in [0.25, 0.3) is 0 Å². The number of rotatable bonds is 4. The summed E-state index contributed by atoms with van der Waals surface area (Å²) in [5.41, 5.74) is 2.13. The summed E-state index contributed by atoms with van der Waals surface area (Å²) < 4.78 is 15.3. The van der Waals surface area contributed by atoms with E-state index in [1.807, 2.05) is 18.3 Å². The van der Waals surface area contributed by atoms with Crippen molar-refractivity contribution in [3.8, 4) is 0 Å². The van der Waals surface area contributed by atoms with E-state index in [1.54, 1.807) is 17.4 Å². The molecule has 0 saturated heterocycles. The van der Waals surface area contributed by atoms with Crippen molar-refractivity contribution in [1.29, 1.82) is 0 Å². The highest BCUT2D eigenvalue weighted by Crippen LogP contribution is 2.19. The van der Waals surface area contributed by atoms with E-state index < -0.39 is 0 Å². The molecular weight excluding hydrogens is 259 g/mol. The lowest BCUT2D eigenvalue weighted by atomic mass is 10.2. The Morgan fingerprint density at radius 2 is 2.21 bits per heavy atom. The fourth-order valence-electron chi connectivity index (χ4n) is 2.23. The number of halogens is 1. The average Bonchev–Trinajstić information content (AvgIpc) is 2.98. The smallest absolute Gasteiger partial charge is 0.123 e. The van der Waals surface area contributed by atoms with Gasteiger partial charge in [-0.2, -0.15) is 0 Å². The van der Waals surface area contributed by atoms with Crippen LogP contribution in [0, 0.1) is 5.82 Å². The number of hydrogen-bond acceptors (Lipinski definition) is 2. The summed E-state index contributed by atoms with van der Waals surface area (Å²) >= 11 is 1.72. The Morgan fingerprint density at radius 3 is 3.05 bits per heavy atom. The first-order chi connectivity index (χ1) is 9.26. The molecule has 0 aliphatic carbocycles. The minimum Gasteiger partial charge on any atom is -0.341 e. The maximum absolute atomic E-state index is 13.1. The largest absolute Gasteiger partial charge is 0.341 e. The van der Waals surface area contributed by atoms with Crippen LogP contribution in [0.1, 0.15) is 24.0 Å². The van der Waals surface area contributed by atoms with E-state index in [4.69, 9.17) is 0 Å². The number of aromatic nitrogens is 2. The zero-order valence-electron chi connectivity index (χ0n) is 10.8. The highest BCUT2D eigenvalue weighted by atomic mass is 32.1. The predicted octanol–water partition coefficient (Wildman–Crippen LogP) is 4.24. The van der Waals surface area contributed by atoms with Crippen molar-refractivity contribution in [3.63, 3.8) is 0 Å². The molecule has 0 atom stereocenters. The molecular formula is C15H15FN2S. The van der Waals surface area contributed by atoms with Gasteiger partial charge in [0.15, 0.2) is 0 Å². The van der Waals surface area contributed by atoms with Gasteiger partial charge in [0.1, 0.15) is 5.82 Å². The van der Waals surface area contributed by atoms with Gasteiger partial charge in [-0.1, -0.05) is 6.92 Å². The van der Waals surface area contributed by atoms with Crippen molar-refractivity contribution in [1.82, 2.24) is 9.55 Å². The summed E-state index contributed by atoms with van der Waals surface area (Å²) in [7, 11) is 0. The van der Waals surface area contributed by atoms with E-state index >= 15 is 0 Å². The molecule has 2 heterocycles. The molecule has 4 heteroatoms. The molecule has 2 nitrogen and oxygen atoms in total. The lowest BCUT2D eigenvalue weighted by Crippen LogP contribution is -1.98. The number of benzene rings is 1. The molecule has 0 spiro atoms. The van der Waals surface area contributed by atoms with Gasteiger partial charge < -0.3 is 4.57 Å². The third-order valence-corrected chi connectivity index (χ3v) is 4.09. The molecule has 0 N–H and O–H groups in total. The monoisotopic (exact) mass is 274 g/mol. The minimum absolute atomic E-state index is 0.191. The molecule has 3 aromatic rings. The van der Waals surface area contributed by atoms with Gasteiger partial charge in [-0.25, -0.2) is 9.37 Å².